The molecule has 172 valence electrons. The smallest absolute Gasteiger partial charge is 0.390 e. The highest BCUT2D eigenvalue weighted by molar-refractivity contribution is 7.80. The number of hydrogen-bond donors (Lipinski definition) is 4. The standard InChI is InChI=1S/C23H18N2O7SSi/c26-20-14-6-8-16-19-17(23(29)25(22(16)28)12-2-4-13(33)5-3-12)9-7-15(18(14)19)21(27)24(20)10-1-11-34(30,31)32/h2-9,30-33H,1,10-11H2. The number of thiol groups is 1. The normalized spacial score (nSPS) is 15.5. The van der Waals surface area contributed by atoms with Crippen LogP contribution in [0.5, 0.6) is 0 Å². The lowest BCUT2D eigenvalue weighted by molar-refractivity contribution is 0.0606. The van der Waals surface area contributed by atoms with Crippen LogP contribution in [0, 0.1) is 0 Å². The van der Waals surface area contributed by atoms with Crippen LogP contribution >= 0.6 is 12.6 Å². The molecule has 5 rings (SSSR count). The molecule has 0 fully saturated rings. The molecule has 0 spiro atoms. The lowest BCUT2D eigenvalue weighted by atomic mass is 9.85. The van der Waals surface area contributed by atoms with Crippen LogP contribution in [0.25, 0.3) is 10.8 Å². The third-order valence-electron chi connectivity index (χ3n) is 5.98. The Balaban J connectivity index is 1.60. The van der Waals surface area contributed by atoms with Gasteiger partial charge in [-0.15, -0.1) is 12.6 Å². The summed E-state index contributed by atoms with van der Waals surface area (Å²) in [4.78, 5) is 83.2. The van der Waals surface area contributed by atoms with Crippen LogP contribution in [0.3, 0.4) is 0 Å². The van der Waals surface area contributed by atoms with E-state index in [1.807, 2.05) is 0 Å². The molecule has 2 heterocycles. The molecule has 2 aliphatic heterocycles. The summed E-state index contributed by atoms with van der Waals surface area (Å²) < 4.78 is 0. The van der Waals surface area contributed by atoms with E-state index in [0.717, 1.165) is 9.80 Å². The number of amides is 4. The summed E-state index contributed by atoms with van der Waals surface area (Å²) in [7, 11) is -4.30. The van der Waals surface area contributed by atoms with E-state index < -0.39 is 32.4 Å². The van der Waals surface area contributed by atoms with Crippen molar-refractivity contribution in [3.8, 4) is 0 Å². The monoisotopic (exact) mass is 494 g/mol. The maximum absolute atomic E-state index is 13.3. The van der Waals surface area contributed by atoms with E-state index in [4.69, 9.17) is 0 Å². The number of anilines is 1. The zero-order valence-corrected chi connectivity index (χ0v) is 19.5. The molecule has 0 saturated heterocycles. The van der Waals surface area contributed by atoms with Crippen molar-refractivity contribution in [1.82, 2.24) is 4.90 Å². The minimum atomic E-state index is -4.30. The molecule has 9 nitrogen and oxygen atoms in total. The number of benzene rings is 3. The third-order valence-corrected chi connectivity index (χ3v) is 7.30. The van der Waals surface area contributed by atoms with E-state index in [9.17, 15) is 33.6 Å². The first-order chi connectivity index (χ1) is 16.1. The molecule has 0 atom stereocenters. The second kappa shape index (κ2) is 7.86. The average molecular weight is 495 g/mol. The van der Waals surface area contributed by atoms with Crippen LogP contribution in [0.1, 0.15) is 47.9 Å². The first-order valence-corrected chi connectivity index (χ1v) is 12.9. The molecular weight excluding hydrogens is 476 g/mol. The number of hydrogen-bond acceptors (Lipinski definition) is 8. The lowest BCUT2D eigenvalue weighted by Gasteiger charge is -2.32. The van der Waals surface area contributed by atoms with E-state index in [2.05, 4.69) is 12.6 Å². The van der Waals surface area contributed by atoms with Crippen molar-refractivity contribution in [2.75, 3.05) is 11.4 Å². The summed E-state index contributed by atoms with van der Waals surface area (Å²) >= 11 is 4.23. The minimum absolute atomic E-state index is 0.0127. The summed E-state index contributed by atoms with van der Waals surface area (Å²) in [6.45, 7) is -0.120. The Labute approximate surface area is 199 Å². The molecule has 2 aliphatic rings. The predicted octanol–water partition coefficient (Wildman–Crippen LogP) is 1.83. The van der Waals surface area contributed by atoms with E-state index in [0.29, 0.717) is 10.6 Å². The van der Waals surface area contributed by atoms with Crippen LogP contribution in [0.15, 0.2) is 53.4 Å². The molecule has 0 aliphatic carbocycles. The Kier molecular flexibility index (Phi) is 5.19. The van der Waals surface area contributed by atoms with Crippen LogP contribution in [0.4, 0.5) is 5.69 Å². The van der Waals surface area contributed by atoms with E-state index in [-0.39, 0.29) is 52.0 Å². The van der Waals surface area contributed by atoms with Crippen molar-refractivity contribution in [3.05, 3.63) is 70.8 Å². The Bertz CT molecular complexity index is 1340. The van der Waals surface area contributed by atoms with Gasteiger partial charge in [0.15, 0.2) is 0 Å². The van der Waals surface area contributed by atoms with E-state index in [1.54, 1.807) is 24.3 Å². The topological polar surface area (TPSA) is 135 Å². The molecule has 34 heavy (non-hydrogen) atoms. The number of imide groups is 2. The molecule has 0 unspecified atom stereocenters. The van der Waals surface area contributed by atoms with Gasteiger partial charge in [-0.25, -0.2) is 4.90 Å². The van der Waals surface area contributed by atoms with Crippen molar-refractivity contribution in [2.24, 2.45) is 0 Å². The Morgan fingerprint density at radius 2 is 1.12 bits per heavy atom. The number of nitrogens with zero attached hydrogens (tertiary/aromatic N) is 2. The Hall–Kier alpha value is -3.35. The largest absolute Gasteiger partial charge is 0.492 e. The quantitative estimate of drug-likeness (QED) is 0.241. The fraction of sp³-hybridized carbons (Fsp3) is 0.130. The summed E-state index contributed by atoms with van der Waals surface area (Å²) in [5.41, 5.74) is 1.13. The number of carbonyl (C=O) groups excluding carboxylic acids is 4. The maximum atomic E-state index is 13.3. The fourth-order valence-corrected chi connectivity index (χ4v) is 5.22. The molecule has 0 aromatic heterocycles. The Morgan fingerprint density at radius 3 is 1.56 bits per heavy atom. The second-order valence-corrected chi connectivity index (χ2v) is 10.7. The molecule has 11 heteroatoms. The van der Waals surface area contributed by atoms with Gasteiger partial charge in [0.25, 0.3) is 23.6 Å². The molecule has 3 aromatic rings. The van der Waals surface area contributed by atoms with Gasteiger partial charge in [-0.05, 0) is 55.0 Å². The molecule has 4 amide bonds. The third kappa shape index (κ3) is 3.45. The van der Waals surface area contributed by atoms with Crippen molar-refractivity contribution in [3.63, 3.8) is 0 Å². The summed E-state index contributed by atoms with van der Waals surface area (Å²) in [5, 5.41) is 0.518. The van der Waals surface area contributed by atoms with Gasteiger partial charge in [-0.1, -0.05) is 0 Å². The zero-order chi connectivity index (χ0) is 24.4. The van der Waals surface area contributed by atoms with Crippen molar-refractivity contribution in [2.45, 2.75) is 17.4 Å². The summed E-state index contributed by atoms with van der Waals surface area (Å²) in [5.74, 6) is -2.36. The van der Waals surface area contributed by atoms with E-state index >= 15 is 0 Å². The number of carbonyl (C=O) groups is 4. The SMILES string of the molecule is O=C1c2ccc3c4c(ccc(c24)C(=O)N1CCC[Si](O)(O)O)C(=O)N(c1ccc(S)cc1)C3=O. The Morgan fingerprint density at radius 1 is 0.676 bits per heavy atom. The van der Waals surface area contributed by atoms with Gasteiger partial charge in [0.05, 0.1) is 5.69 Å². The first-order valence-electron chi connectivity index (χ1n) is 10.4. The van der Waals surface area contributed by atoms with Gasteiger partial charge >= 0.3 is 8.80 Å². The molecular formula is C23H18N2O7SSi. The highest BCUT2D eigenvalue weighted by atomic mass is 32.1. The van der Waals surface area contributed by atoms with Gasteiger partial charge in [0.2, 0.25) is 0 Å². The lowest BCUT2D eigenvalue weighted by Crippen LogP contribution is -2.44. The van der Waals surface area contributed by atoms with Crippen LogP contribution in [-0.2, 0) is 0 Å². The highest BCUT2D eigenvalue weighted by Gasteiger charge is 2.40. The summed E-state index contributed by atoms with van der Waals surface area (Å²) in [6, 6.07) is 12.1. The highest BCUT2D eigenvalue weighted by Crippen LogP contribution is 2.39. The van der Waals surface area contributed by atoms with Gasteiger partial charge in [-0.2, -0.15) is 0 Å². The van der Waals surface area contributed by atoms with Gasteiger partial charge in [-0.3, -0.25) is 24.1 Å². The van der Waals surface area contributed by atoms with Crippen LogP contribution in [-0.4, -0.2) is 58.3 Å². The molecule has 0 radical (unpaired) electrons. The van der Waals surface area contributed by atoms with Gasteiger partial charge < -0.3 is 14.4 Å². The molecule has 3 N–H and O–H groups in total. The first kappa shape index (κ1) is 22.4. The molecule has 0 bridgehead atoms. The maximum Gasteiger partial charge on any atom is 0.492 e. The zero-order valence-electron chi connectivity index (χ0n) is 17.6. The summed E-state index contributed by atoms with van der Waals surface area (Å²) in [6.07, 6.45) is 0.0127. The van der Waals surface area contributed by atoms with E-state index in [1.165, 1.54) is 24.3 Å². The van der Waals surface area contributed by atoms with Crippen molar-refractivity contribution >= 4 is 61.5 Å². The van der Waals surface area contributed by atoms with Crippen LogP contribution < -0.4 is 4.90 Å². The van der Waals surface area contributed by atoms with Crippen molar-refractivity contribution in [1.29, 1.82) is 0 Å². The molecule has 3 aromatic carbocycles. The van der Waals surface area contributed by atoms with Gasteiger partial charge in [0, 0.05) is 50.5 Å². The molecule has 0 saturated carbocycles. The fourth-order valence-electron chi connectivity index (χ4n) is 4.44. The number of rotatable bonds is 5. The predicted molar refractivity (Wildman–Crippen MR) is 126 cm³/mol. The second-order valence-electron chi connectivity index (χ2n) is 8.17. The minimum Gasteiger partial charge on any atom is -0.390 e. The average Bonchev–Trinajstić information content (AvgIpc) is 2.78. The van der Waals surface area contributed by atoms with Crippen molar-refractivity contribution < 1.29 is 33.6 Å². The van der Waals surface area contributed by atoms with Crippen LogP contribution in [0.2, 0.25) is 6.04 Å². The van der Waals surface area contributed by atoms with Gasteiger partial charge in [0.1, 0.15) is 0 Å².